The highest BCUT2D eigenvalue weighted by atomic mass is 16.3. The van der Waals surface area contributed by atoms with Crippen molar-refractivity contribution in [3.05, 3.63) is 48.5 Å². The van der Waals surface area contributed by atoms with Gasteiger partial charge in [0.1, 0.15) is 11.5 Å². The molecule has 0 atom stereocenters. The van der Waals surface area contributed by atoms with Crippen LogP contribution in [-0.4, -0.2) is 10.2 Å². The van der Waals surface area contributed by atoms with Gasteiger partial charge in [-0.2, -0.15) is 0 Å². The van der Waals surface area contributed by atoms with Crippen molar-refractivity contribution in [2.75, 3.05) is 0 Å². The SMILES string of the molecule is Oc1ccc2c(ccc3c(O)[c]ccc32)c1. The van der Waals surface area contributed by atoms with Crippen molar-refractivity contribution in [3.8, 4) is 11.5 Å². The molecule has 0 amide bonds. The Labute approximate surface area is 92.4 Å². The first-order valence-electron chi connectivity index (χ1n) is 5.01. The molecule has 0 unspecified atom stereocenters. The van der Waals surface area contributed by atoms with Crippen LogP contribution in [-0.2, 0) is 0 Å². The summed E-state index contributed by atoms with van der Waals surface area (Å²) in [6, 6.07) is 15.3. The highest BCUT2D eigenvalue weighted by Crippen LogP contribution is 2.31. The molecule has 2 nitrogen and oxygen atoms in total. The summed E-state index contributed by atoms with van der Waals surface area (Å²) in [5.41, 5.74) is 0. The average Bonchev–Trinajstić information content (AvgIpc) is 2.28. The van der Waals surface area contributed by atoms with Crippen LogP contribution in [0.5, 0.6) is 11.5 Å². The number of rotatable bonds is 0. The topological polar surface area (TPSA) is 40.5 Å². The lowest BCUT2D eigenvalue weighted by atomic mass is 10.0. The molecule has 0 aliphatic carbocycles. The number of phenols is 2. The zero-order chi connectivity index (χ0) is 11.1. The lowest BCUT2D eigenvalue weighted by Crippen LogP contribution is -1.78. The van der Waals surface area contributed by atoms with Gasteiger partial charge >= 0.3 is 0 Å². The normalized spacial score (nSPS) is 11.0. The van der Waals surface area contributed by atoms with E-state index < -0.39 is 0 Å². The monoisotopic (exact) mass is 209 g/mol. The van der Waals surface area contributed by atoms with Gasteiger partial charge in [0.25, 0.3) is 0 Å². The maximum absolute atomic E-state index is 9.68. The van der Waals surface area contributed by atoms with Crippen LogP contribution in [0.2, 0.25) is 0 Å². The lowest BCUT2D eigenvalue weighted by Gasteiger charge is -2.05. The van der Waals surface area contributed by atoms with Crippen molar-refractivity contribution >= 4 is 21.5 Å². The molecule has 0 aromatic heterocycles. The van der Waals surface area contributed by atoms with E-state index in [0.29, 0.717) is 0 Å². The molecule has 0 aliphatic rings. The van der Waals surface area contributed by atoms with E-state index in [1.54, 1.807) is 18.2 Å². The molecule has 3 aromatic rings. The van der Waals surface area contributed by atoms with Gasteiger partial charge in [-0.15, -0.1) is 0 Å². The van der Waals surface area contributed by atoms with Crippen molar-refractivity contribution in [2.45, 2.75) is 0 Å². The zero-order valence-corrected chi connectivity index (χ0v) is 8.44. The minimum atomic E-state index is 0.160. The Balaban J connectivity index is 2.55. The second-order valence-corrected chi connectivity index (χ2v) is 3.76. The molecule has 1 radical (unpaired) electrons. The molecule has 3 aromatic carbocycles. The van der Waals surface area contributed by atoms with Crippen molar-refractivity contribution < 1.29 is 10.2 Å². The quantitative estimate of drug-likeness (QED) is 0.558. The summed E-state index contributed by atoms with van der Waals surface area (Å²) in [6.07, 6.45) is 0. The van der Waals surface area contributed by atoms with E-state index in [1.807, 2.05) is 24.3 Å². The van der Waals surface area contributed by atoms with Gasteiger partial charge in [-0.25, -0.2) is 0 Å². The third-order valence-electron chi connectivity index (χ3n) is 2.77. The van der Waals surface area contributed by atoms with Crippen LogP contribution in [0, 0.1) is 6.07 Å². The second-order valence-electron chi connectivity index (χ2n) is 3.76. The van der Waals surface area contributed by atoms with E-state index in [9.17, 15) is 10.2 Å². The summed E-state index contributed by atoms with van der Waals surface area (Å²) >= 11 is 0. The van der Waals surface area contributed by atoms with Gasteiger partial charge in [-0.3, -0.25) is 0 Å². The molecular weight excluding hydrogens is 200 g/mol. The summed E-state index contributed by atoms with van der Waals surface area (Å²) in [6.45, 7) is 0. The first-order chi connectivity index (χ1) is 7.75. The number of hydrogen-bond donors (Lipinski definition) is 2. The number of fused-ring (bicyclic) bond motifs is 3. The molecule has 2 heteroatoms. The van der Waals surface area contributed by atoms with Gasteiger partial charge in [-0.1, -0.05) is 18.2 Å². The van der Waals surface area contributed by atoms with Crippen molar-refractivity contribution in [1.82, 2.24) is 0 Å². The Morgan fingerprint density at radius 1 is 0.812 bits per heavy atom. The highest BCUT2D eigenvalue weighted by Gasteiger charge is 2.04. The fourth-order valence-corrected chi connectivity index (χ4v) is 2.01. The van der Waals surface area contributed by atoms with E-state index in [2.05, 4.69) is 6.07 Å². The van der Waals surface area contributed by atoms with Gasteiger partial charge in [0, 0.05) is 11.5 Å². The molecule has 2 N–H and O–H groups in total. The van der Waals surface area contributed by atoms with E-state index in [0.717, 1.165) is 21.5 Å². The van der Waals surface area contributed by atoms with Crippen LogP contribution >= 0.6 is 0 Å². The first-order valence-corrected chi connectivity index (χ1v) is 5.01. The molecule has 0 fully saturated rings. The fraction of sp³-hybridized carbons (Fsp3) is 0. The summed E-state index contributed by atoms with van der Waals surface area (Å²) in [7, 11) is 0. The maximum Gasteiger partial charge on any atom is 0.131 e. The standard InChI is InChI=1S/C14H9O2/c15-10-5-7-11-9(8-10)4-6-13-12(11)2-1-3-14(13)16/h1-2,4-8,15-16H. The van der Waals surface area contributed by atoms with Gasteiger partial charge < -0.3 is 10.2 Å². The molecule has 0 heterocycles. The Morgan fingerprint density at radius 3 is 2.50 bits per heavy atom. The van der Waals surface area contributed by atoms with Gasteiger partial charge in [0.2, 0.25) is 0 Å². The predicted octanol–water partition coefficient (Wildman–Crippen LogP) is 3.20. The van der Waals surface area contributed by atoms with Gasteiger partial charge in [0.15, 0.2) is 0 Å². The largest absolute Gasteiger partial charge is 0.508 e. The van der Waals surface area contributed by atoms with Crippen LogP contribution in [0.1, 0.15) is 0 Å². The lowest BCUT2D eigenvalue weighted by molar-refractivity contribution is 0.476. The molecule has 0 bridgehead atoms. The Kier molecular flexibility index (Phi) is 1.77. The van der Waals surface area contributed by atoms with E-state index in [1.165, 1.54) is 0 Å². The van der Waals surface area contributed by atoms with E-state index in [-0.39, 0.29) is 11.5 Å². The van der Waals surface area contributed by atoms with Gasteiger partial charge in [-0.05, 0) is 40.4 Å². The van der Waals surface area contributed by atoms with Crippen molar-refractivity contribution in [3.63, 3.8) is 0 Å². The highest BCUT2D eigenvalue weighted by molar-refractivity contribution is 6.09. The summed E-state index contributed by atoms with van der Waals surface area (Å²) < 4.78 is 0. The van der Waals surface area contributed by atoms with Crippen LogP contribution in [0.25, 0.3) is 21.5 Å². The third kappa shape index (κ3) is 1.20. The summed E-state index contributed by atoms with van der Waals surface area (Å²) in [4.78, 5) is 0. The molecule has 16 heavy (non-hydrogen) atoms. The fourth-order valence-electron chi connectivity index (χ4n) is 2.01. The predicted molar refractivity (Wildman–Crippen MR) is 63.6 cm³/mol. The number of aromatic hydroxyl groups is 2. The molecule has 3 rings (SSSR count). The third-order valence-corrected chi connectivity index (χ3v) is 2.77. The van der Waals surface area contributed by atoms with E-state index in [4.69, 9.17) is 0 Å². The summed E-state index contributed by atoms with van der Waals surface area (Å²) in [5.74, 6) is 0.408. The molecule has 77 valence electrons. The van der Waals surface area contributed by atoms with E-state index >= 15 is 0 Å². The second kappa shape index (κ2) is 3.14. The minimum Gasteiger partial charge on any atom is -0.508 e. The van der Waals surface area contributed by atoms with Crippen LogP contribution in [0.3, 0.4) is 0 Å². The van der Waals surface area contributed by atoms with Gasteiger partial charge in [0.05, 0.1) is 0 Å². The van der Waals surface area contributed by atoms with Crippen molar-refractivity contribution in [2.24, 2.45) is 0 Å². The molecule has 0 aliphatic heterocycles. The number of benzene rings is 3. The maximum atomic E-state index is 9.68. The molecular formula is C14H9O2. The molecule has 0 spiro atoms. The smallest absolute Gasteiger partial charge is 0.131 e. The van der Waals surface area contributed by atoms with Crippen molar-refractivity contribution in [1.29, 1.82) is 0 Å². The van der Waals surface area contributed by atoms with Crippen LogP contribution in [0.4, 0.5) is 0 Å². The first kappa shape index (κ1) is 9.04. The Bertz CT molecular complexity index is 687. The minimum absolute atomic E-state index is 0.160. The molecule has 0 saturated carbocycles. The average molecular weight is 209 g/mol. The summed E-state index contributed by atoms with van der Waals surface area (Å²) in [5, 5.41) is 22.8. The Morgan fingerprint density at radius 2 is 1.62 bits per heavy atom. The Hall–Kier alpha value is -2.22. The van der Waals surface area contributed by atoms with Crippen LogP contribution < -0.4 is 0 Å². The zero-order valence-electron chi connectivity index (χ0n) is 8.44. The number of hydrogen-bond acceptors (Lipinski definition) is 2. The molecule has 0 saturated heterocycles. The number of phenolic OH excluding ortho intramolecular Hbond substituents is 2. The van der Waals surface area contributed by atoms with Crippen LogP contribution in [0.15, 0.2) is 42.5 Å².